The van der Waals surface area contributed by atoms with Crippen molar-refractivity contribution in [1.29, 1.82) is 0 Å². The molecule has 0 amide bonds. The van der Waals surface area contributed by atoms with Gasteiger partial charge in [-0.3, -0.25) is 4.79 Å². The highest BCUT2D eigenvalue weighted by atomic mass is 16.4. The molecule has 56 valence electrons. The molecule has 0 aliphatic rings. The third-order valence-electron chi connectivity index (χ3n) is 0.910. The zero-order valence-corrected chi connectivity index (χ0v) is 5.62. The molecule has 0 aliphatic heterocycles. The first-order valence-electron chi connectivity index (χ1n) is 3.08. The minimum absolute atomic E-state index is 0.0405. The van der Waals surface area contributed by atoms with Crippen molar-refractivity contribution >= 4 is 12.3 Å². The summed E-state index contributed by atoms with van der Waals surface area (Å²) in [6.45, 7) is 0. The Kier molecular flexibility index (Phi) is 5.33. The summed E-state index contributed by atoms with van der Waals surface area (Å²) in [6.07, 6.45) is 5.20. The third kappa shape index (κ3) is 6.88. The standard InChI is InChI=1S/C7H10O3/c8-6-4-2-1-3-5-7(9)10/h1,3,6H,2,4-5H2,(H,9,10). The number of aliphatic carboxylic acids is 1. The molecule has 0 saturated heterocycles. The molecule has 0 bridgehead atoms. The van der Waals surface area contributed by atoms with E-state index in [0.717, 1.165) is 6.29 Å². The molecule has 0 aromatic carbocycles. The summed E-state index contributed by atoms with van der Waals surface area (Å²) in [5.74, 6) is -0.845. The predicted molar refractivity (Wildman–Crippen MR) is 36.7 cm³/mol. The Morgan fingerprint density at radius 1 is 1.30 bits per heavy atom. The fourth-order valence-electron chi connectivity index (χ4n) is 0.466. The molecule has 0 aromatic rings. The molecule has 0 unspecified atom stereocenters. The Labute approximate surface area is 59.4 Å². The predicted octanol–water partition coefficient (Wildman–Crippen LogP) is 0.996. The summed E-state index contributed by atoms with van der Waals surface area (Å²) >= 11 is 0. The number of carboxylic acids is 1. The van der Waals surface area contributed by atoms with E-state index in [-0.39, 0.29) is 6.42 Å². The van der Waals surface area contributed by atoms with Crippen molar-refractivity contribution in [2.75, 3.05) is 0 Å². The van der Waals surface area contributed by atoms with Gasteiger partial charge in [-0.05, 0) is 6.42 Å². The van der Waals surface area contributed by atoms with Gasteiger partial charge in [-0.15, -0.1) is 0 Å². The molecular weight excluding hydrogens is 132 g/mol. The molecule has 0 heterocycles. The number of hydrogen-bond acceptors (Lipinski definition) is 2. The number of hydrogen-bond donors (Lipinski definition) is 1. The quantitative estimate of drug-likeness (QED) is 0.354. The van der Waals surface area contributed by atoms with E-state index < -0.39 is 5.97 Å². The van der Waals surface area contributed by atoms with E-state index in [4.69, 9.17) is 5.11 Å². The van der Waals surface area contributed by atoms with Gasteiger partial charge >= 0.3 is 5.97 Å². The van der Waals surface area contributed by atoms with E-state index in [0.29, 0.717) is 12.8 Å². The van der Waals surface area contributed by atoms with Crippen LogP contribution in [0.4, 0.5) is 0 Å². The van der Waals surface area contributed by atoms with Crippen LogP contribution in [-0.4, -0.2) is 17.4 Å². The van der Waals surface area contributed by atoms with Gasteiger partial charge in [0.2, 0.25) is 0 Å². The molecule has 1 N–H and O–H groups in total. The van der Waals surface area contributed by atoms with Crippen LogP contribution in [0.5, 0.6) is 0 Å². The first-order valence-corrected chi connectivity index (χ1v) is 3.08. The van der Waals surface area contributed by atoms with Crippen LogP contribution in [0.25, 0.3) is 0 Å². The summed E-state index contributed by atoms with van der Waals surface area (Å²) in [6, 6.07) is 0. The fraction of sp³-hybridized carbons (Fsp3) is 0.429. The third-order valence-corrected chi connectivity index (χ3v) is 0.910. The van der Waals surface area contributed by atoms with E-state index in [1.165, 1.54) is 0 Å². The second-order valence-corrected chi connectivity index (χ2v) is 1.81. The first-order chi connectivity index (χ1) is 4.77. The van der Waals surface area contributed by atoms with Crippen molar-refractivity contribution in [2.45, 2.75) is 19.3 Å². The van der Waals surface area contributed by atoms with E-state index in [1.54, 1.807) is 12.2 Å². The highest BCUT2D eigenvalue weighted by Crippen LogP contribution is 1.89. The lowest BCUT2D eigenvalue weighted by molar-refractivity contribution is -0.136. The molecule has 3 heteroatoms. The molecule has 0 aromatic heterocycles. The lowest BCUT2D eigenvalue weighted by atomic mass is 10.3. The lowest BCUT2D eigenvalue weighted by Gasteiger charge is -1.82. The Morgan fingerprint density at radius 3 is 2.50 bits per heavy atom. The Bertz CT molecular complexity index is 138. The first kappa shape index (κ1) is 8.88. The number of allylic oxidation sites excluding steroid dienone is 1. The SMILES string of the molecule is O=CCCC=CCC(=O)O. The normalized spacial score (nSPS) is 10.0. The summed E-state index contributed by atoms with van der Waals surface area (Å²) in [5, 5.41) is 8.15. The molecule has 0 saturated carbocycles. The summed E-state index contributed by atoms with van der Waals surface area (Å²) < 4.78 is 0. The molecule has 0 rings (SSSR count). The number of carbonyl (C=O) groups is 2. The van der Waals surface area contributed by atoms with E-state index >= 15 is 0 Å². The van der Waals surface area contributed by atoms with Gasteiger partial charge in [0.05, 0.1) is 6.42 Å². The van der Waals surface area contributed by atoms with Gasteiger partial charge in [0.25, 0.3) is 0 Å². The largest absolute Gasteiger partial charge is 0.481 e. The number of aldehydes is 1. The molecule has 0 atom stereocenters. The lowest BCUT2D eigenvalue weighted by Crippen LogP contribution is -1.89. The average Bonchev–Trinajstić information content (AvgIpc) is 1.87. The second-order valence-electron chi connectivity index (χ2n) is 1.81. The highest BCUT2D eigenvalue weighted by molar-refractivity contribution is 5.68. The van der Waals surface area contributed by atoms with Gasteiger partial charge in [-0.1, -0.05) is 12.2 Å². The molecular formula is C7H10O3. The Hall–Kier alpha value is -1.12. The van der Waals surface area contributed by atoms with E-state index in [2.05, 4.69) is 0 Å². The van der Waals surface area contributed by atoms with Gasteiger partial charge < -0.3 is 9.90 Å². The monoisotopic (exact) mass is 142 g/mol. The molecule has 10 heavy (non-hydrogen) atoms. The van der Waals surface area contributed by atoms with Crippen LogP contribution in [0.15, 0.2) is 12.2 Å². The van der Waals surface area contributed by atoms with Crippen LogP contribution in [0.1, 0.15) is 19.3 Å². The Morgan fingerprint density at radius 2 is 2.00 bits per heavy atom. The van der Waals surface area contributed by atoms with Gasteiger partial charge in [0.15, 0.2) is 0 Å². The summed E-state index contributed by atoms with van der Waals surface area (Å²) in [4.78, 5) is 19.7. The van der Waals surface area contributed by atoms with Crippen molar-refractivity contribution in [2.24, 2.45) is 0 Å². The number of carboxylic acid groups (broad SMARTS) is 1. The van der Waals surface area contributed by atoms with Crippen LogP contribution < -0.4 is 0 Å². The van der Waals surface area contributed by atoms with Crippen molar-refractivity contribution < 1.29 is 14.7 Å². The van der Waals surface area contributed by atoms with Crippen LogP contribution in [0.3, 0.4) is 0 Å². The van der Waals surface area contributed by atoms with Gasteiger partial charge in [0, 0.05) is 6.42 Å². The maximum absolute atomic E-state index is 9.91. The van der Waals surface area contributed by atoms with Crippen molar-refractivity contribution in [3.05, 3.63) is 12.2 Å². The van der Waals surface area contributed by atoms with Crippen molar-refractivity contribution in [1.82, 2.24) is 0 Å². The van der Waals surface area contributed by atoms with Gasteiger partial charge in [0.1, 0.15) is 6.29 Å². The van der Waals surface area contributed by atoms with E-state index in [1.807, 2.05) is 0 Å². The van der Waals surface area contributed by atoms with Crippen LogP contribution >= 0.6 is 0 Å². The number of carbonyl (C=O) groups excluding carboxylic acids is 1. The maximum Gasteiger partial charge on any atom is 0.307 e. The minimum atomic E-state index is -0.845. The molecule has 0 spiro atoms. The number of rotatable bonds is 5. The molecule has 0 aliphatic carbocycles. The molecule has 3 nitrogen and oxygen atoms in total. The summed E-state index contributed by atoms with van der Waals surface area (Å²) in [7, 11) is 0. The van der Waals surface area contributed by atoms with Crippen LogP contribution in [0.2, 0.25) is 0 Å². The zero-order chi connectivity index (χ0) is 7.82. The second kappa shape index (κ2) is 6.01. The highest BCUT2D eigenvalue weighted by Gasteiger charge is 1.87. The summed E-state index contributed by atoms with van der Waals surface area (Å²) in [5.41, 5.74) is 0. The Balaban J connectivity index is 3.20. The maximum atomic E-state index is 9.91. The van der Waals surface area contributed by atoms with Crippen molar-refractivity contribution in [3.8, 4) is 0 Å². The smallest absolute Gasteiger partial charge is 0.307 e. The molecule has 0 radical (unpaired) electrons. The van der Waals surface area contributed by atoms with Gasteiger partial charge in [-0.25, -0.2) is 0 Å². The minimum Gasteiger partial charge on any atom is -0.481 e. The van der Waals surface area contributed by atoms with Gasteiger partial charge in [-0.2, -0.15) is 0 Å². The van der Waals surface area contributed by atoms with Crippen LogP contribution in [0, 0.1) is 0 Å². The van der Waals surface area contributed by atoms with E-state index in [9.17, 15) is 9.59 Å². The fourth-order valence-corrected chi connectivity index (χ4v) is 0.466. The molecule has 0 fully saturated rings. The number of unbranched alkanes of at least 4 members (excludes halogenated alkanes) is 1. The van der Waals surface area contributed by atoms with Crippen LogP contribution in [-0.2, 0) is 9.59 Å². The average molecular weight is 142 g/mol. The topological polar surface area (TPSA) is 54.4 Å². The van der Waals surface area contributed by atoms with Crippen molar-refractivity contribution in [3.63, 3.8) is 0 Å². The zero-order valence-electron chi connectivity index (χ0n) is 5.62.